The van der Waals surface area contributed by atoms with Crippen molar-refractivity contribution >= 4 is 49.5 Å². The zero-order valence-electron chi connectivity index (χ0n) is 32.7. The molecular weight excluding hydrogens is 724 g/mol. The van der Waals surface area contributed by atoms with Gasteiger partial charge in [0.1, 0.15) is 34.2 Å². The molecule has 0 bridgehead atoms. The van der Waals surface area contributed by atoms with Crippen molar-refractivity contribution in [1.82, 2.24) is 0 Å². The van der Waals surface area contributed by atoms with Crippen molar-refractivity contribution in [2.45, 2.75) is 48.0 Å². The summed E-state index contributed by atoms with van der Waals surface area (Å²) in [7, 11) is 2.36. The van der Waals surface area contributed by atoms with E-state index in [2.05, 4.69) is 112 Å². The van der Waals surface area contributed by atoms with Crippen LogP contribution in [0.15, 0.2) is 105 Å². The minimum Gasteiger partial charge on any atom is -0.497 e. The van der Waals surface area contributed by atoms with Crippen molar-refractivity contribution in [1.29, 1.82) is 0 Å². The predicted octanol–water partition coefficient (Wildman–Crippen LogP) is 12.7. The second kappa shape index (κ2) is 14.7. The first-order chi connectivity index (χ1) is 26.5. The lowest BCUT2D eigenvalue weighted by molar-refractivity contribution is 0.414. The van der Waals surface area contributed by atoms with Gasteiger partial charge >= 0.3 is 8.24 Å². The van der Waals surface area contributed by atoms with Crippen LogP contribution in [0.3, 0.4) is 0 Å². The Morgan fingerprint density at radius 3 is 1.64 bits per heavy atom. The van der Waals surface area contributed by atoms with E-state index in [9.17, 15) is 0 Å². The lowest BCUT2D eigenvalue weighted by atomic mass is 9.96. The molecule has 0 aliphatic carbocycles. The van der Waals surface area contributed by atoms with Crippen LogP contribution in [0.5, 0.6) is 23.0 Å². The number of ether oxygens (including phenoxy) is 2. The molecule has 1 atom stereocenters. The minimum absolute atomic E-state index is 0.587. The first kappa shape index (κ1) is 36.6. The molecular formula is C46H45NO6P2. The van der Waals surface area contributed by atoms with Gasteiger partial charge in [0.05, 0.1) is 19.9 Å². The normalized spacial score (nSPS) is 13.4. The Balaban J connectivity index is 1.24. The molecule has 55 heavy (non-hydrogen) atoms. The maximum Gasteiger partial charge on any atom is 0.453 e. The van der Waals surface area contributed by atoms with E-state index in [1.165, 1.54) is 27.7 Å². The summed E-state index contributed by atoms with van der Waals surface area (Å²) in [6, 6.07) is 33.9. The molecule has 6 aromatic carbocycles. The van der Waals surface area contributed by atoms with E-state index >= 15 is 0 Å². The molecule has 1 aliphatic rings. The summed E-state index contributed by atoms with van der Waals surface area (Å²) in [5.74, 6) is 3.10. The summed E-state index contributed by atoms with van der Waals surface area (Å²) in [6.07, 6.45) is 0.587. The van der Waals surface area contributed by atoms with E-state index in [0.717, 1.165) is 72.7 Å². The Morgan fingerprint density at radius 1 is 0.564 bits per heavy atom. The van der Waals surface area contributed by atoms with Crippen LogP contribution in [-0.4, -0.2) is 21.3 Å². The van der Waals surface area contributed by atoms with Crippen LogP contribution in [0, 0.1) is 41.5 Å². The molecule has 9 heteroatoms. The number of fused-ring (bicyclic) bond motifs is 6. The summed E-state index contributed by atoms with van der Waals surface area (Å²) in [4.78, 5) is 0. The van der Waals surface area contributed by atoms with Gasteiger partial charge in [-0.3, -0.25) is 0 Å². The van der Waals surface area contributed by atoms with Gasteiger partial charge in [-0.25, -0.2) is 0 Å². The van der Waals surface area contributed by atoms with Gasteiger partial charge < -0.3 is 31.6 Å². The highest BCUT2D eigenvalue weighted by molar-refractivity contribution is 7.63. The second-order valence-electron chi connectivity index (χ2n) is 14.4. The molecule has 0 amide bonds. The minimum atomic E-state index is -1.93. The smallest absolute Gasteiger partial charge is 0.453 e. The third kappa shape index (κ3) is 6.81. The SMILES string of the molecule is COc1cc(C)c2op(Oc3c(C)cc(C)cc3Cc3cc(C)cc(C)c3OP3c4ccccc4-c4ccccc4N3C)oc3c(C)cc(OC)cc3c2c1. The third-order valence-electron chi connectivity index (χ3n) is 10.2. The van der Waals surface area contributed by atoms with Gasteiger partial charge in [-0.1, -0.05) is 71.8 Å². The maximum absolute atomic E-state index is 7.23. The van der Waals surface area contributed by atoms with Crippen LogP contribution in [0.2, 0.25) is 0 Å². The molecule has 8 rings (SSSR count). The molecule has 7 nitrogen and oxygen atoms in total. The summed E-state index contributed by atoms with van der Waals surface area (Å²) in [6.45, 7) is 12.5. The first-order valence-corrected chi connectivity index (χ1v) is 20.7. The number of anilines is 1. The molecule has 1 aromatic heterocycles. The number of benzene rings is 6. The molecule has 0 saturated heterocycles. The number of methoxy groups -OCH3 is 2. The van der Waals surface area contributed by atoms with Gasteiger partial charge in [0, 0.05) is 40.7 Å². The summed E-state index contributed by atoms with van der Waals surface area (Å²) < 4.78 is 41.3. The van der Waals surface area contributed by atoms with E-state index in [1.54, 1.807) is 14.2 Å². The largest absolute Gasteiger partial charge is 0.497 e. The highest BCUT2D eigenvalue weighted by atomic mass is 31.2. The highest BCUT2D eigenvalue weighted by Gasteiger charge is 2.32. The van der Waals surface area contributed by atoms with E-state index in [1.807, 2.05) is 38.1 Å². The van der Waals surface area contributed by atoms with Crippen molar-refractivity contribution in [3.8, 4) is 34.1 Å². The number of hydrogen-bond acceptors (Lipinski definition) is 7. The summed E-state index contributed by atoms with van der Waals surface area (Å²) >= 11 is 0. The first-order valence-electron chi connectivity index (χ1n) is 18.3. The van der Waals surface area contributed by atoms with E-state index in [-0.39, 0.29) is 0 Å². The van der Waals surface area contributed by atoms with Gasteiger partial charge in [-0.05, 0) is 111 Å². The average molecular weight is 770 g/mol. The fourth-order valence-electron chi connectivity index (χ4n) is 7.76. The van der Waals surface area contributed by atoms with Crippen LogP contribution < -0.4 is 28.5 Å². The average Bonchev–Trinajstić information content (AvgIpc) is 3.32. The summed E-state index contributed by atoms with van der Waals surface area (Å²) in [5.41, 5.74) is 13.4. The standard InChI is InChI=1S/C46H45NO6P2/c1-27-18-29(3)43(50-54-42-17-13-11-15-38(42)37-14-10-12-16-41(37)47(54)7)33(20-27)24-34-21-28(2)19-30(4)44(34)51-55-52-45-31(5)22-35(48-8)25-39(45)40-26-36(49-9)23-32(6)46(40)53-55/h10-23,25-26H,24H2,1-9H3. The molecule has 2 heterocycles. The summed E-state index contributed by atoms with van der Waals surface area (Å²) in [5, 5.41) is 2.92. The van der Waals surface area contributed by atoms with Crippen LogP contribution in [0.25, 0.3) is 33.1 Å². The van der Waals surface area contributed by atoms with Gasteiger partial charge in [-0.15, -0.1) is 0 Å². The fraction of sp³-hybridized carbons (Fsp3) is 0.217. The molecule has 280 valence electrons. The molecule has 1 unspecified atom stereocenters. The Labute approximate surface area is 324 Å². The van der Waals surface area contributed by atoms with Gasteiger partial charge in [-0.2, -0.15) is 0 Å². The van der Waals surface area contributed by atoms with Crippen LogP contribution in [-0.2, 0) is 6.42 Å². The Morgan fingerprint density at radius 2 is 1.07 bits per heavy atom. The lowest BCUT2D eigenvalue weighted by Gasteiger charge is -2.36. The Bertz CT molecular complexity index is 2600. The molecule has 0 spiro atoms. The number of para-hydroxylation sites is 1. The van der Waals surface area contributed by atoms with Gasteiger partial charge in [0.2, 0.25) is 8.30 Å². The molecule has 0 radical (unpaired) electrons. The second-order valence-corrected chi connectivity index (χ2v) is 17.2. The Hall–Kier alpha value is -5.35. The zero-order chi connectivity index (χ0) is 38.5. The molecule has 1 aliphatic heterocycles. The maximum atomic E-state index is 7.23. The van der Waals surface area contributed by atoms with Gasteiger partial charge in [0.25, 0.3) is 0 Å². The van der Waals surface area contributed by atoms with Crippen molar-refractivity contribution in [3.63, 3.8) is 0 Å². The van der Waals surface area contributed by atoms with Crippen molar-refractivity contribution < 1.29 is 26.9 Å². The number of aryl methyl sites for hydroxylation is 6. The van der Waals surface area contributed by atoms with E-state index in [4.69, 9.17) is 26.9 Å². The fourth-order valence-corrected chi connectivity index (χ4v) is 11.0. The lowest BCUT2D eigenvalue weighted by Crippen LogP contribution is -2.27. The topological polar surface area (TPSA) is 66.4 Å². The number of nitrogens with zero attached hydrogens (tertiary/aromatic N) is 1. The predicted molar refractivity (Wildman–Crippen MR) is 227 cm³/mol. The van der Waals surface area contributed by atoms with Crippen molar-refractivity contribution in [2.24, 2.45) is 0 Å². The van der Waals surface area contributed by atoms with E-state index in [0.29, 0.717) is 17.6 Å². The van der Waals surface area contributed by atoms with Crippen molar-refractivity contribution in [3.05, 3.63) is 142 Å². The van der Waals surface area contributed by atoms with Crippen LogP contribution in [0.1, 0.15) is 44.5 Å². The molecule has 0 N–H and O–H groups in total. The van der Waals surface area contributed by atoms with Crippen molar-refractivity contribution in [2.75, 3.05) is 25.9 Å². The number of hydrogen-bond donors (Lipinski definition) is 0. The zero-order valence-corrected chi connectivity index (χ0v) is 34.5. The third-order valence-corrected chi connectivity index (χ3v) is 13.1. The quantitative estimate of drug-likeness (QED) is 0.143. The van der Waals surface area contributed by atoms with Gasteiger partial charge in [0.15, 0.2) is 0 Å². The van der Waals surface area contributed by atoms with E-state index < -0.39 is 16.5 Å². The monoisotopic (exact) mass is 769 g/mol. The highest BCUT2D eigenvalue weighted by Crippen LogP contribution is 2.53. The molecule has 0 fully saturated rings. The van der Waals surface area contributed by atoms with Crippen LogP contribution >= 0.6 is 16.5 Å². The molecule has 0 saturated carbocycles. The molecule has 7 aromatic rings. The Kier molecular flexibility index (Phi) is 9.79. The van der Waals surface area contributed by atoms with Crippen LogP contribution in [0.4, 0.5) is 5.69 Å². The number of rotatable bonds is 8.